The van der Waals surface area contributed by atoms with E-state index >= 15 is 4.39 Å². The monoisotopic (exact) mass is 458 g/mol. The van der Waals surface area contributed by atoms with Crippen molar-refractivity contribution < 1.29 is 9.13 Å². The van der Waals surface area contributed by atoms with E-state index in [4.69, 9.17) is 16.3 Å². The van der Waals surface area contributed by atoms with Gasteiger partial charge in [0.15, 0.2) is 11.6 Å². The van der Waals surface area contributed by atoms with E-state index in [-0.39, 0.29) is 26.8 Å². The fourth-order valence-electron chi connectivity index (χ4n) is 3.45. The Balaban J connectivity index is 1.88. The molecule has 156 valence electrons. The van der Waals surface area contributed by atoms with Crippen LogP contribution in [0.1, 0.15) is 22.3 Å². The molecule has 0 fully saturated rings. The number of rotatable bonds is 4. The van der Waals surface area contributed by atoms with Gasteiger partial charge in [-0.15, -0.1) is 0 Å². The van der Waals surface area contributed by atoms with Gasteiger partial charge in [0.05, 0.1) is 4.90 Å². The minimum atomic E-state index is -0.832. The number of aryl methyl sites for hydroxylation is 2. The topological polar surface area (TPSA) is 56.8 Å². The zero-order chi connectivity index (χ0) is 22.8. The van der Waals surface area contributed by atoms with E-state index in [0.717, 1.165) is 38.6 Å². The molecule has 0 aliphatic heterocycles. The summed E-state index contributed by atoms with van der Waals surface area (Å²) in [7, 11) is 0. The van der Waals surface area contributed by atoms with Crippen molar-refractivity contribution in [1.82, 2.24) is 0 Å². The second-order valence-electron chi connectivity index (χ2n) is 7.19. The van der Waals surface area contributed by atoms with Crippen LogP contribution in [-0.2, 0) is 0 Å². The molecule has 0 unspecified atom stereocenters. The van der Waals surface area contributed by atoms with Gasteiger partial charge in [-0.1, -0.05) is 71.9 Å². The Morgan fingerprint density at radius 2 is 1.50 bits per heavy atom. The number of benzene rings is 4. The summed E-state index contributed by atoms with van der Waals surface area (Å²) in [5.74, 6) is -0.336. The molecule has 0 radical (unpaired) electrons. The highest BCUT2D eigenvalue weighted by Gasteiger charge is 2.26. The van der Waals surface area contributed by atoms with Crippen molar-refractivity contribution in [1.29, 1.82) is 10.5 Å². The first-order valence-electron chi connectivity index (χ1n) is 9.70. The Morgan fingerprint density at radius 1 is 0.844 bits per heavy atom. The number of fused-ring (bicyclic) bond motifs is 1. The second-order valence-corrected chi connectivity index (χ2v) is 8.66. The van der Waals surface area contributed by atoms with Gasteiger partial charge < -0.3 is 4.74 Å². The van der Waals surface area contributed by atoms with Gasteiger partial charge in [-0.25, -0.2) is 4.39 Å². The summed E-state index contributed by atoms with van der Waals surface area (Å²) >= 11 is 7.69. The summed E-state index contributed by atoms with van der Waals surface area (Å²) in [5.41, 5.74) is 1.05. The van der Waals surface area contributed by atoms with Gasteiger partial charge in [-0.3, -0.25) is 0 Å². The first-order chi connectivity index (χ1) is 15.4. The molecule has 4 rings (SSSR count). The van der Waals surface area contributed by atoms with Crippen LogP contribution in [0.4, 0.5) is 4.39 Å². The van der Waals surface area contributed by atoms with E-state index in [0.29, 0.717) is 5.75 Å². The maximum atomic E-state index is 15.3. The van der Waals surface area contributed by atoms with Gasteiger partial charge >= 0.3 is 0 Å². The summed E-state index contributed by atoms with van der Waals surface area (Å²) in [6.45, 7) is 3.73. The highest BCUT2D eigenvalue weighted by atomic mass is 35.5. The smallest absolute Gasteiger partial charge is 0.166 e. The summed E-state index contributed by atoms with van der Waals surface area (Å²) in [5, 5.41) is 21.3. The van der Waals surface area contributed by atoms with Gasteiger partial charge in [0.2, 0.25) is 0 Å². The Kier molecular flexibility index (Phi) is 6.06. The molecular formula is C26H16ClFN2OS. The predicted molar refractivity (Wildman–Crippen MR) is 125 cm³/mol. The molecule has 6 heteroatoms. The van der Waals surface area contributed by atoms with Crippen molar-refractivity contribution >= 4 is 34.1 Å². The van der Waals surface area contributed by atoms with Crippen molar-refractivity contribution in [2.75, 3.05) is 0 Å². The quantitative estimate of drug-likeness (QED) is 0.311. The minimum absolute atomic E-state index is 0.0206. The minimum Gasteiger partial charge on any atom is -0.454 e. The molecule has 4 aromatic carbocycles. The van der Waals surface area contributed by atoms with E-state index < -0.39 is 5.82 Å². The zero-order valence-corrected chi connectivity index (χ0v) is 18.8. The van der Waals surface area contributed by atoms with E-state index in [9.17, 15) is 10.5 Å². The van der Waals surface area contributed by atoms with Gasteiger partial charge in [0.1, 0.15) is 34.0 Å². The Labute approximate surface area is 194 Å². The molecule has 0 bridgehead atoms. The highest BCUT2D eigenvalue weighted by Crippen LogP contribution is 2.46. The van der Waals surface area contributed by atoms with Crippen LogP contribution >= 0.6 is 23.4 Å². The fraction of sp³-hybridized carbons (Fsp3) is 0.0769. The average molecular weight is 459 g/mol. The number of halogens is 2. The first-order valence-corrected chi connectivity index (χ1v) is 10.9. The lowest BCUT2D eigenvalue weighted by atomic mass is 10.1. The molecule has 0 aromatic heterocycles. The summed E-state index contributed by atoms with van der Waals surface area (Å²) < 4.78 is 21.4. The van der Waals surface area contributed by atoms with Crippen molar-refractivity contribution in [2.45, 2.75) is 23.6 Å². The van der Waals surface area contributed by atoms with E-state index in [2.05, 4.69) is 0 Å². The van der Waals surface area contributed by atoms with Crippen molar-refractivity contribution in [2.24, 2.45) is 0 Å². The molecule has 0 saturated carbocycles. The van der Waals surface area contributed by atoms with Crippen molar-refractivity contribution in [3.05, 3.63) is 93.8 Å². The standard InChI is InChI=1S/C26H16ClFN2OS/c1-15-6-5-7-16(2)24(15)31-25-21(14-30)20(13-29)23(28)26(22(25)27)32-19-11-10-17-8-3-4-9-18(17)12-19/h3-12H,1-2H3. The lowest BCUT2D eigenvalue weighted by Gasteiger charge is -2.17. The number of hydrogen-bond donors (Lipinski definition) is 0. The number of nitrogens with zero attached hydrogens (tertiary/aromatic N) is 2. The van der Waals surface area contributed by atoms with E-state index in [1.54, 1.807) is 6.07 Å². The van der Waals surface area contributed by atoms with Crippen LogP contribution < -0.4 is 4.74 Å². The Hall–Kier alpha value is -3.51. The number of nitriles is 2. The third kappa shape index (κ3) is 3.89. The molecule has 4 aromatic rings. The summed E-state index contributed by atoms with van der Waals surface area (Å²) in [4.78, 5) is 0.787. The van der Waals surface area contributed by atoms with Crippen LogP contribution in [0.5, 0.6) is 11.5 Å². The highest BCUT2D eigenvalue weighted by molar-refractivity contribution is 7.99. The molecule has 32 heavy (non-hydrogen) atoms. The van der Waals surface area contributed by atoms with Gasteiger partial charge in [0, 0.05) is 4.90 Å². The molecule has 0 saturated heterocycles. The van der Waals surface area contributed by atoms with Crippen LogP contribution in [0.3, 0.4) is 0 Å². The largest absolute Gasteiger partial charge is 0.454 e. The normalized spacial score (nSPS) is 10.6. The van der Waals surface area contributed by atoms with Crippen molar-refractivity contribution in [3.8, 4) is 23.6 Å². The van der Waals surface area contributed by atoms with Gasteiger partial charge in [0.25, 0.3) is 0 Å². The molecular weight excluding hydrogens is 443 g/mol. The van der Waals surface area contributed by atoms with Gasteiger partial charge in [-0.2, -0.15) is 10.5 Å². The fourth-order valence-corrected chi connectivity index (χ4v) is 4.72. The molecule has 0 heterocycles. The predicted octanol–water partition coefficient (Wildman–Crippen LogP) is 7.94. The maximum absolute atomic E-state index is 15.3. The number of ether oxygens (including phenoxy) is 1. The molecule has 0 amide bonds. The number of para-hydroxylation sites is 1. The van der Waals surface area contributed by atoms with Crippen LogP contribution in [-0.4, -0.2) is 0 Å². The molecule has 0 aliphatic rings. The lowest BCUT2D eigenvalue weighted by Crippen LogP contribution is -2.01. The molecule has 0 spiro atoms. The third-order valence-electron chi connectivity index (χ3n) is 5.07. The van der Waals surface area contributed by atoms with Crippen LogP contribution in [0.2, 0.25) is 5.02 Å². The third-order valence-corrected chi connectivity index (χ3v) is 6.62. The molecule has 3 nitrogen and oxygen atoms in total. The van der Waals surface area contributed by atoms with E-state index in [1.807, 2.05) is 80.6 Å². The molecule has 0 aliphatic carbocycles. The first kappa shape index (κ1) is 21.7. The van der Waals surface area contributed by atoms with Crippen LogP contribution in [0.25, 0.3) is 10.8 Å². The Morgan fingerprint density at radius 3 is 2.16 bits per heavy atom. The summed E-state index contributed by atoms with van der Waals surface area (Å²) in [6.07, 6.45) is 0. The lowest BCUT2D eigenvalue weighted by molar-refractivity contribution is 0.468. The zero-order valence-electron chi connectivity index (χ0n) is 17.2. The van der Waals surface area contributed by atoms with Crippen molar-refractivity contribution in [3.63, 3.8) is 0 Å². The number of hydrogen-bond acceptors (Lipinski definition) is 4. The second kappa shape index (κ2) is 8.93. The summed E-state index contributed by atoms with van der Waals surface area (Å²) in [6, 6.07) is 22.9. The van der Waals surface area contributed by atoms with Gasteiger partial charge in [-0.05, 0) is 47.9 Å². The van der Waals surface area contributed by atoms with Crippen LogP contribution in [0, 0.1) is 42.3 Å². The Bertz CT molecular complexity index is 1430. The SMILES string of the molecule is Cc1cccc(C)c1Oc1c(Cl)c(Sc2ccc3ccccc3c2)c(F)c(C#N)c1C#N. The molecule has 0 atom stereocenters. The van der Waals surface area contributed by atoms with Crippen LogP contribution in [0.15, 0.2) is 70.5 Å². The average Bonchev–Trinajstić information content (AvgIpc) is 2.80. The maximum Gasteiger partial charge on any atom is 0.166 e. The molecule has 0 N–H and O–H groups in total. The van der Waals surface area contributed by atoms with E-state index in [1.165, 1.54) is 0 Å².